The smallest absolute Gasteiger partial charge is 0.407 e. The molecule has 2 amide bonds. The predicted octanol–water partition coefficient (Wildman–Crippen LogP) is 3.17. The number of benzene rings is 2. The normalized spacial score (nSPS) is 16.2. The molecule has 1 aliphatic heterocycles. The lowest BCUT2D eigenvalue weighted by Gasteiger charge is -2.31. The Bertz CT molecular complexity index is 1050. The van der Waals surface area contributed by atoms with Gasteiger partial charge in [-0.3, -0.25) is 14.5 Å². The third kappa shape index (κ3) is 5.65. The van der Waals surface area contributed by atoms with Crippen molar-refractivity contribution in [3.63, 3.8) is 0 Å². The Balaban J connectivity index is 1.30. The highest BCUT2D eigenvalue weighted by Gasteiger charge is 2.34. The van der Waals surface area contributed by atoms with Gasteiger partial charge in [0.2, 0.25) is 5.91 Å². The van der Waals surface area contributed by atoms with E-state index in [4.69, 9.17) is 9.84 Å². The minimum Gasteiger partial charge on any atom is -0.480 e. The van der Waals surface area contributed by atoms with Crippen molar-refractivity contribution in [2.24, 2.45) is 5.41 Å². The van der Waals surface area contributed by atoms with Crippen LogP contribution >= 0.6 is 0 Å². The molecule has 0 atom stereocenters. The van der Waals surface area contributed by atoms with Crippen molar-refractivity contribution in [1.82, 2.24) is 15.1 Å². The summed E-state index contributed by atoms with van der Waals surface area (Å²) < 4.78 is 5.59. The molecule has 0 spiro atoms. The fraction of sp³-hybridized carbons (Fsp3) is 0.444. The van der Waals surface area contributed by atoms with Crippen LogP contribution in [0.3, 0.4) is 0 Å². The molecule has 1 fully saturated rings. The number of nitrogens with one attached hydrogen (secondary N) is 1. The molecule has 0 bridgehead atoms. The van der Waals surface area contributed by atoms with E-state index in [9.17, 15) is 14.4 Å². The van der Waals surface area contributed by atoms with E-state index in [2.05, 4.69) is 29.6 Å². The van der Waals surface area contributed by atoms with Crippen molar-refractivity contribution in [3.8, 4) is 11.1 Å². The average molecular weight is 480 g/mol. The summed E-state index contributed by atoms with van der Waals surface area (Å²) in [5, 5.41) is 11.8. The Morgan fingerprint density at radius 1 is 0.971 bits per heavy atom. The lowest BCUT2D eigenvalue weighted by atomic mass is 9.91. The molecule has 1 heterocycles. The second-order valence-corrected chi connectivity index (χ2v) is 9.88. The minimum absolute atomic E-state index is 0.0191. The predicted molar refractivity (Wildman–Crippen MR) is 132 cm³/mol. The van der Waals surface area contributed by atoms with E-state index in [1.807, 2.05) is 29.2 Å². The van der Waals surface area contributed by atoms with Gasteiger partial charge in [0.15, 0.2) is 0 Å². The van der Waals surface area contributed by atoms with Crippen molar-refractivity contribution >= 4 is 18.0 Å². The third-order valence-electron chi connectivity index (χ3n) is 6.83. The second-order valence-electron chi connectivity index (χ2n) is 9.88. The number of fused-ring (bicyclic) bond motifs is 3. The number of carbonyl (C=O) groups is 3. The van der Waals surface area contributed by atoms with Crippen molar-refractivity contribution < 1.29 is 24.2 Å². The summed E-state index contributed by atoms with van der Waals surface area (Å²) in [5.74, 6) is -0.945. The molecule has 0 radical (unpaired) electrons. The highest BCUT2D eigenvalue weighted by molar-refractivity contribution is 5.83. The van der Waals surface area contributed by atoms with Gasteiger partial charge in [-0.25, -0.2) is 4.79 Å². The summed E-state index contributed by atoms with van der Waals surface area (Å²) in [6.45, 7) is 6.18. The number of amides is 2. The summed E-state index contributed by atoms with van der Waals surface area (Å²) in [6.07, 6.45) is 0.172. The number of hydrogen-bond acceptors (Lipinski definition) is 5. The van der Waals surface area contributed by atoms with Gasteiger partial charge in [0.25, 0.3) is 0 Å². The molecule has 1 saturated heterocycles. The van der Waals surface area contributed by atoms with Gasteiger partial charge in [-0.2, -0.15) is 0 Å². The highest BCUT2D eigenvalue weighted by Crippen LogP contribution is 2.44. The first-order valence-corrected chi connectivity index (χ1v) is 12.1. The van der Waals surface area contributed by atoms with Crippen LogP contribution in [-0.2, 0) is 14.3 Å². The first-order valence-electron chi connectivity index (χ1n) is 12.1. The Labute approximate surface area is 205 Å². The molecule has 1 aliphatic carbocycles. The van der Waals surface area contributed by atoms with Crippen molar-refractivity contribution in [3.05, 3.63) is 59.7 Å². The average Bonchev–Trinajstić information content (AvgIpc) is 2.97. The molecule has 0 aromatic heterocycles. The van der Waals surface area contributed by atoms with E-state index in [0.29, 0.717) is 26.2 Å². The maximum absolute atomic E-state index is 13.2. The Morgan fingerprint density at radius 2 is 1.60 bits per heavy atom. The molecular formula is C27H33N3O5. The molecule has 8 heteroatoms. The van der Waals surface area contributed by atoms with E-state index < -0.39 is 17.5 Å². The van der Waals surface area contributed by atoms with Gasteiger partial charge < -0.3 is 20.1 Å². The van der Waals surface area contributed by atoms with Crippen LogP contribution < -0.4 is 5.32 Å². The monoisotopic (exact) mass is 479 g/mol. The van der Waals surface area contributed by atoms with Crippen molar-refractivity contribution in [1.29, 1.82) is 0 Å². The van der Waals surface area contributed by atoms with E-state index in [-0.39, 0.29) is 31.5 Å². The maximum atomic E-state index is 13.2. The molecule has 2 aromatic rings. The highest BCUT2D eigenvalue weighted by atomic mass is 16.5. The lowest BCUT2D eigenvalue weighted by Crippen LogP contribution is -2.48. The van der Waals surface area contributed by atoms with Crippen LogP contribution in [-0.4, -0.2) is 78.8 Å². The number of alkyl carbamates (subject to hydrolysis) is 1. The van der Waals surface area contributed by atoms with Crippen LogP contribution in [0, 0.1) is 5.41 Å². The largest absolute Gasteiger partial charge is 0.480 e. The standard InChI is InChI=1S/C27H33N3O5/c1-27(2,25(33)30-13-7-12-29(14-15-30)16-24(31)32)18-28-26(34)35-17-23-21-10-5-3-8-19(21)20-9-4-6-11-22(20)23/h3-6,8-11,23H,7,12-18H2,1-2H3,(H,28,34)(H,31,32). The third-order valence-corrected chi connectivity index (χ3v) is 6.83. The van der Waals surface area contributed by atoms with Crippen LogP contribution in [0.15, 0.2) is 48.5 Å². The number of carboxylic acids is 1. The molecular weight excluding hydrogens is 446 g/mol. The molecule has 0 unspecified atom stereocenters. The quantitative estimate of drug-likeness (QED) is 0.633. The lowest BCUT2D eigenvalue weighted by molar-refractivity contribution is -0.139. The van der Waals surface area contributed by atoms with E-state index in [1.165, 1.54) is 11.1 Å². The molecule has 8 nitrogen and oxygen atoms in total. The molecule has 0 saturated carbocycles. The Kier molecular flexibility index (Phi) is 7.40. The molecule has 4 rings (SSSR count). The van der Waals surface area contributed by atoms with Gasteiger partial charge >= 0.3 is 12.1 Å². The van der Waals surface area contributed by atoms with E-state index in [0.717, 1.165) is 17.5 Å². The van der Waals surface area contributed by atoms with Gasteiger partial charge in [0.05, 0.1) is 12.0 Å². The summed E-state index contributed by atoms with van der Waals surface area (Å²) in [6, 6.07) is 16.3. The van der Waals surface area contributed by atoms with Crippen LogP contribution in [0.2, 0.25) is 0 Å². The zero-order chi connectivity index (χ0) is 25.0. The summed E-state index contributed by atoms with van der Waals surface area (Å²) in [7, 11) is 0. The maximum Gasteiger partial charge on any atom is 0.407 e. The first-order chi connectivity index (χ1) is 16.8. The summed E-state index contributed by atoms with van der Waals surface area (Å²) in [5.41, 5.74) is 3.82. The number of rotatable bonds is 7. The van der Waals surface area contributed by atoms with Crippen LogP contribution in [0.25, 0.3) is 11.1 Å². The van der Waals surface area contributed by atoms with Crippen LogP contribution in [0.5, 0.6) is 0 Å². The Hall–Kier alpha value is -3.39. The molecule has 2 aliphatic rings. The fourth-order valence-corrected chi connectivity index (χ4v) is 4.97. The van der Waals surface area contributed by atoms with Gasteiger partial charge in [0, 0.05) is 38.6 Å². The summed E-state index contributed by atoms with van der Waals surface area (Å²) >= 11 is 0. The zero-order valence-corrected chi connectivity index (χ0v) is 20.3. The Morgan fingerprint density at radius 3 is 2.23 bits per heavy atom. The number of carboxylic acid groups (broad SMARTS) is 1. The van der Waals surface area contributed by atoms with E-state index in [1.54, 1.807) is 18.7 Å². The first kappa shape index (κ1) is 24.7. The number of ether oxygens (including phenoxy) is 1. The van der Waals surface area contributed by atoms with Gasteiger partial charge in [-0.05, 0) is 42.5 Å². The van der Waals surface area contributed by atoms with Crippen molar-refractivity contribution in [2.45, 2.75) is 26.2 Å². The van der Waals surface area contributed by atoms with Crippen LogP contribution in [0.4, 0.5) is 4.79 Å². The molecule has 186 valence electrons. The van der Waals surface area contributed by atoms with E-state index >= 15 is 0 Å². The number of carbonyl (C=O) groups excluding carboxylic acids is 2. The van der Waals surface area contributed by atoms with Crippen LogP contribution in [0.1, 0.15) is 37.3 Å². The fourth-order valence-electron chi connectivity index (χ4n) is 4.97. The second kappa shape index (κ2) is 10.5. The molecule has 2 N–H and O–H groups in total. The zero-order valence-electron chi connectivity index (χ0n) is 20.3. The SMILES string of the molecule is CC(C)(CNC(=O)OCC1c2ccccc2-c2ccccc21)C(=O)N1CCCN(CC(=O)O)CC1. The topological polar surface area (TPSA) is 99.2 Å². The van der Waals surface area contributed by atoms with Crippen molar-refractivity contribution in [2.75, 3.05) is 45.9 Å². The van der Waals surface area contributed by atoms with Gasteiger partial charge in [0.1, 0.15) is 6.61 Å². The minimum atomic E-state index is -0.864. The number of aliphatic carboxylic acids is 1. The molecule has 2 aromatic carbocycles. The number of nitrogens with zero attached hydrogens (tertiary/aromatic N) is 2. The molecule has 35 heavy (non-hydrogen) atoms. The van der Waals surface area contributed by atoms with Gasteiger partial charge in [-0.15, -0.1) is 0 Å². The van der Waals surface area contributed by atoms with Gasteiger partial charge in [-0.1, -0.05) is 48.5 Å². The number of hydrogen-bond donors (Lipinski definition) is 2. The summed E-state index contributed by atoms with van der Waals surface area (Å²) in [4.78, 5) is 40.3.